The fraction of sp³-hybridized carbons (Fsp3) is 0.636. The van der Waals surface area contributed by atoms with Crippen molar-refractivity contribution in [3.05, 3.63) is 11.9 Å². The second kappa shape index (κ2) is 5.18. The molecule has 2 heterocycles. The number of amides is 1. The minimum Gasteiger partial charge on any atom is -0.396 e. The number of anilines is 1. The Labute approximate surface area is 101 Å². The average molecular weight is 237 g/mol. The van der Waals surface area contributed by atoms with Crippen molar-refractivity contribution in [3.8, 4) is 0 Å². The van der Waals surface area contributed by atoms with Crippen LogP contribution >= 0.6 is 0 Å². The van der Waals surface area contributed by atoms with Crippen molar-refractivity contribution in [3.63, 3.8) is 0 Å². The summed E-state index contributed by atoms with van der Waals surface area (Å²) < 4.78 is 1.50. The fourth-order valence-electron chi connectivity index (χ4n) is 2.15. The Bertz CT molecular complexity index is 375. The van der Waals surface area contributed by atoms with Crippen molar-refractivity contribution in [1.82, 2.24) is 20.0 Å². The fourth-order valence-corrected chi connectivity index (χ4v) is 2.15. The molecule has 0 spiro atoms. The minimum absolute atomic E-state index is 0.151. The number of rotatable bonds is 4. The zero-order valence-corrected chi connectivity index (χ0v) is 10.1. The molecule has 0 aliphatic carbocycles. The molecule has 1 aromatic rings. The number of nitrogen functional groups attached to an aromatic ring is 1. The lowest BCUT2D eigenvalue weighted by Crippen LogP contribution is -2.34. The van der Waals surface area contributed by atoms with Crippen LogP contribution in [0, 0.1) is 0 Å². The molecule has 17 heavy (non-hydrogen) atoms. The summed E-state index contributed by atoms with van der Waals surface area (Å²) in [4.78, 5) is 14.2. The summed E-state index contributed by atoms with van der Waals surface area (Å²) in [6.45, 7) is 3.85. The number of hydrogen-bond acceptors (Lipinski definition) is 4. The molecular formula is C11H19N5O. The van der Waals surface area contributed by atoms with Crippen molar-refractivity contribution in [2.24, 2.45) is 7.05 Å². The standard InChI is InChI=1S/C11H19N5O/c1-15-10(9(12)8-14-15)11(17)13-4-7-16-5-2-3-6-16/h8H,2-7,12H2,1H3,(H,13,17). The zero-order valence-electron chi connectivity index (χ0n) is 10.1. The molecule has 0 saturated carbocycles. The van der Waals surface area contributed by atoms with Gasteiger partial charge in [0.05, 0.1) is 11.9 Å². The van der Waals surface area contributed by atoms with Gasteiger partial charge >= 0.3 is 0 Å². The highest BCUT2D eigenvalue weighted by Crippen LogP contribution is 2.09. The molecule has 1 aliphatic rings. The van der Waals surface area contributed by atoms with E-state index in [0.29, 0.717) is 17.9 Å². The largest absolute Gasteiger partial charge is 0.396 e. The summed E-state index contributed by atoms with van der Waals surface area (Å²) in [6, 6.07) is 0. The van der Waals surface area contributed by atoms with Crippen LogP contribution in [0.25, 0.3) is 0 Å². The highest BCUT2D eigenvalue weighted by molar-refractivity contribution is 5.97. The molecule has 1 aromatic heterocycles. The number of carbonyl (C=O) groups is 1. The molecule has 1 amide bonds. The highest BCUT2D eigenvalue weighted by Gasteiger charge is 2.15. The lowest BCUT2D eigenvalue weighted by atomic mass is 10.3. The van der Waals surface area contributed by atoms with Crippen LogP contribution in [0.3, 0.4) is 0 Å². The van der Waals surface area contributed by atoms with Crippen molar-refractivity contribution >= 4 is 11.6 Å². The molecule has 0 atom stereocenters. The van der Waals surface area contributed by atoms with E-state index in [1.54, 1.807) is 7.05 Å². The first-order valence-corrected chi connectivity index (χ1v) is 5.96. The molecule has 0 aromatic carbocycles. The first kappa shape index (κ1) is 11.9. The molecule has 1 fully saturated rings. The van der Waals surface area contributed by atoms with E-state index >= 15 is 0 Å². The second-order valence-corrected chi connectivity index (χ2v) is 4.38. The minimum atomic E-state index is -0.151. The number of carbonyl (C=O) groups excluding carboxylic acids is 1. The van der Waals surface area contributed by atoms with Crippen LogP contribution in [0.5, 0.6) is 0 Å². The van der Waals surface area contributed by atoms with Crippen LogP contribution in [0.1, 0.15) is 23.3 Å². The van der Waals surface area contributed by atoms with Crippen molar-refractivity contribution in [2.45, 2.75) is 12.8 Å². The van der Waals surface area contributed by atoms with Gasteiger partial charge in [-0.2, -0.15) is 5.10 Å². The maximum atomic E-state index is 11.9. The summed E-state index contributed by atoms with van der Waals surface area (Å²) in [5.74, 6) is -0.151. The monoisotopic (exact) mass is 237 g/mol. The van der Waals surface area contributed by atoms with Crippen LogP contribution in [-0.4, -0.2) is 46.8 Å². The lowest BCUT2D eigenvalue weighted by molar-refractivity contribution is 0.0941. The Hall–Kier alpha value is -1.56. The summed E-state index contributed by atoms with van der Waals surface area (Å²) >= 11 is 0. The van der Waals surface area contributed by atoms with E-state index in [1.165, 1.54) is 23.7 Å². The number of nitrogens with two attached hydrogens (primary N) is 1. The second-order valence-electron chi connectivity index (χ2n) is 4.38. The molecule has 94 valence electrons. The number of nitrogens with one attached hydrogen (secondary N) is 1. The van der Waals surface area contributed by atoms with Gasteiger partial charge in [-0.05, 0) is 25.9 Å². The first-order valence-electron chi connectivity index (χ1n) is 5.96. The maximum absolute atomic E-state index is 11.9. The molecule has 2 rings (SSSR count). The number of likely N-dealkylation sites (tertiary alicyclic amines) is 1. The number of nitrogens with zero attached hydrogens (tertiary/aromatic N) is 3. The smallest absolute Gasteiger partial charge is 0.271 e. The van der Waals surface area contributed by atoms with E-state index in [0.717, 1.165) is 19.6 Å². The molecular weight excluding hydrogens is 218 g/mol. The third kappa shape index (κ3) is 2.76. The molecule has 3 N–H and O–H groups in total. The summed E-state index contributed by atoms with van der Waals surface area (Å²) in [7, 11) is 1.71. The van der Waals surface area contributed by atoms with Crippen LogP contribution in [-0.2, 0) is 7.05 Å². The van der Waals surface area contributed by atoms with Gasteiger partial charge in [0.15, 0.2) is 0 Å². The van der Waals surface area contributed by atoms with Crippen molar-refractivity contribution < 1.29 is 4.79 Å². The van der Waals surface area contributed by atoms with Crippen LogP contribution < -0.4 is 11.1 Å². The van der Waals surface area contributed by atoms with Crippen LogP contribution in [0.4, 0.5) is 5.69 Å². The third-order valence-corrected chi connectivity index (χ3v) is 3.09. The third-order valence-electron chi connectivity index (χ3n) is 3.09. The maximum Gasteiger partial charge on any atom is 0.271 e. The van der Waals surface area contributed by atoms with Gasteiger partial charge in [-0.1, -0.05) is 0 Å². The van der Waals surface area contributed by atoms with Gasteiger partial charge in [-0.3, -0.25) is 9.48 Å². The normalized spacial score (nSPS) is 16.3. The van der Waals surface area contributed by atoms with Crippen LogP contribution in [0.15, 0.2) is 6.20 Å². The average Bonchev–Trinajstić information content (AvgIpc) is 2.89. The van der Waals surface area contributed by atoms with Crippen molar-refractivity contribution in [2.75, 3.05) is 31.9 Å². The predicted octanol–water partition coefficient (Wildman–Crippen LogP) is -0.172. The van der Waals surface area contributed by atoms with Gasteiger partial charge in [0.25, 0.3) is 5.91 Å². The predicted molar refractivity (Wildman–Crippen MR) is 65.6 cm³/mol. The Balaban J connectivity index is 1.81. The van der Waals surface area contributed by atoms with Gasteiger partial charge in [0.2, 0.25) is 0 Å². The number of hydrogen-bond donors (Lipinski definition) is 2. The Morgan fingerprint density at radius 1 is 1.53 bits per heavy atom. The molecule has 0 bridgehead atoms. The highest BCUT2D eigenvalue weighted by atomic mass is 16.2. The summed E-state index contributed by atoms with van der Waals surface area (Å²) in [5, 5.41) is 6.82. The van der Waals surface area contributed by atoms with Crippen LogP contribution in [0.2, 0.25) is 0 Å². The topological polar surface area (TPSA) is 76.2 Å². The van der Waals surface area contributed by atoms with Crippen molar-refractivity contribution in [1.29, 1.82) is 0 Å². The molecule has 6 nitrogen and oxygen atoms in total. The Morgan fingerprint density at radius 3 is 2.82 bits per heavy atom. The van der Waals surface area contributed by atoms with Gasteiger partial charge in [-0.25, -0.2) is 0 Å². The van der Waals surface area contributed by atoms with Gasteiger partial charge < -0.3 is 16.0 Å². The molecule has 0 radical (unpaired) electrons. The number of aromatic nitrogens is 2. The van der Waals surface area contributed by atoms with E-state index in [1.807, 2.05) is 0 Å². The quantitative estimate of drug-likeness (QED) is 0.762. The molecule has 0 unspecified atom stereocenters. The molecule has 1 aliphatic heterocycles. The van der Waals surface area contributed by atoms with E-state index in [2.05, 4.69) is 15.3 Å². The van der Waals surface area contributed by atoms with E-state index in [4.69, 9.17) is 5.73 Å². The summed E-state index contributed by atoms with van der Waals surface area (Å²) in [5.41, 5.74) is 6.54. The SMILES string of the molecule is Cn1ncc(N)c1C(=O)NCCN1CCCC1. The van der Waals surface area contributed by atoms with E-state index < -0.39 is 0 Å². The molecule has 6 heteroatoms. The first-order chi connectivity index (χ1) is 8.18. The van der Waals surface area contributed by atoms with Gasteiger partial charge in [0, 0.05) is 20.1 Å². The lowest BCUT2D eigenvalue weighted by Gasteiger charge is -2.14. The van der Waals surface area contributed by atoms with E-state index in [-0.39, 0.29) is 5.91 Å². The Kier molecular flexibility index (Phi) is 3.63. The molecule has 1 saturated heterocycles. The van der Waals surface area contributed by atoms with Gasteiger partial charge in [-0.15, -0.1) is 0 Å². The summed E-state index contributed by atoms with van der Waals surface area (Å²) in [6.07, 6.45) is 4.03. The zero-order chi connectivity index (χ0) is 12.3. The number of aryl methyl sites for hydroxylation is 1. The Morgan fingerprint density at radius 2 is 2.24 bits per heavy atom. The van der Waals surface area contributed by atoms with E-state index in [9.17, 15) is 4.79 Å². The van der Waals surface area contributed by atoms with Gasteiger partial charge in [0.1, 0.15) is 5.69 Å².